The van der Waals surface area contributed by atoms with E-state index in [4.69, 9.17) is 10.7 Å². The lowest BCUT2D eigenvalue weighted by atomic mass is 10.1. The minimum absolute atomic E-state index is 0.256. The Kier molecular flexibility index (Phi) is 3.40. The van der Waals surface area contributed by atoms with Gasteiger partial charge < -0.3 is 5.73 Å². The van der Waals surface area contributed by atoms with Gasteiger partial charge in [-0.15, -0.1) is 11.3 Å². The molecule has 3 heterocycles. The van der Waals surface area contributed by atoms with E-state index in [-0.39, 0.29) is 5.95 Å². The first-order valence-electron chi connectivity index (χ1n) is 8.26. The van der Waals surface area contributed by atoms with Gasteiger partial charge in [-0.3, -0.25) is 0 Å². The van der Waals surface area contributed by atoms with Crippen molar-refractivity contribution in [1.82, 2.24) is 15.0 Å². The number of hydrogen-bond acceptors (Lipinski definition) is 5. The number of anilines is 1. The van der Waals surface area contributed by atoms with Crippen LogP contribution in [-0.4, -0.2) is 15.0 Å². The molecule has 0 saturated heterocycles. The number of nitrogens with two attached hydrogens (primary N) is 1. The largest absolute Gasteiger partial charge is 0.368 e. The van der Waals surface area contributed by atoms with Gasteiger partial charge >= 0.3 is 0 Å². The number of benzene rings is 2. The maximum Gasteiger partial charge on any atom is 0.221 e. The summed E-state index contributed by atoms with van der Waals surface area (Å²) in [7, 11) is 0. The highest BCUT2D eigenvalue weighted by Gasteiger charge is 2.13. The van der Waals surface area contributed by atoms with Gasteiger partial charge in [0.2, 0.25) is 5.95 Å². The molecule has 0 saturated carbocycles. The van der Waals surface area contributed by atoms with Gasteiger partial charge in [0.05, 0.1) is 11.2 Å². The van der Waals surface area contributed by atoms with Crippen LogP contribution in [0.2, 0.25) is 0 Å². The monoisotopic (exact) mass is 354 g/mol. The number of thiophene rings is 1. The highest BCUT2D eigenvalue weighted by Crippen LogP contribution is 2.34. The molecule has 0 unspecified atom stereocenters. The maximum absolute atomic E-state index is 5.92. The van der Waals surface area contributed by atoms with E-state index in [1.165, 1.54) is 10.1 Å². The average Bonchev–Trinajstić information content (AvgIpc) is 3.12. The SMILES string of the molecule is Nc1nc(-c2ccccc2)c2nc(-c3csc4ccccc34)ccc2n1. The molecule has 5 aromatic rings. The van der Waals surface area contributed by atoms with Crippen molar-refractivity contribution >= 4 is 38.4 Å². The van der Waals surface area contributed by atoms with Gasteiger partial charge in [-0.2, -0.15) is 0 Å². The van der Waals surface area contributed by atoms with E-state index in [1.807, 2.05) is 42.5 Å². The molecule has 124 valence electrons. The molecule has 0 atom stereocenters. The molecule has 0 amide bonds. The molecular formula is C21H14N4S. The Hall–Kier alpha value is -3.31. The normalized spacial score (nSPS) is 11.2. The van der Waals surface area contributed by atoms with Gasteiger partial charge in [0.25, 0.3) is 0 Å². The Morgan fingerprint density at radius 3 is 2.46 bits per heavy atom. The summed E-state index contributed by atoms with van der Waals surface area (Å²) in [4.78, 5) is 13.7. The predicted octanol–water partition coefficient (Wildman–Crippen LogP) is 5.16. The molecule has 0 aliphatic heterocycles. The first kappa shape index (κ1) is 15.0. The standard InChI is InChI=1S/C21H14N4S/c22-21-24-17-11-10-16(15-12-26-18-9-5-4-8-14(15)18)23-20(17)19(25-21)13-6-2-1-3-7-13/h1-12H,(H2,22,24,25). The lowest BCUT2D eigenvalue weighted by Gasteiger charge is -2.08. The Bertz CT molecular complexity index is 1250. The number of pyridine rings is 1. The lowest BCUT2D eigenvalue weighted by molar-refractivity contribution is 1.22. The van der Waals surface area contributed by atoms with Crippen molar-refractivity contribution in [2.75, 3.05) is 5.73 Å². The Labute approximate surface area is 154 Å². The molecule has 0 aliphatic rings. The van der Waals surface area contributed by atoms with E-state index in [2.05, 4.69) is 39.6 Å². The van der Waals surface area contributed by atoms with Crippen molar-refractivity contribution in [3.63, 3.8) is 0 Å². The summed E-state index contributed by atoms with van der Waals surface area (Å²) < 4.78 is 1.25. The van der Waals surface area contributed by atoms with Crippen LogP contribution in [0.5, 0.6) is 0 Å². The number of hydrogen-bond donors (Lipinski definition) is 1. The maximum atomic E-state index is 5.92. The summed E-state index contributed by atoms with van der Waals surface area (Å²) in [5, 5.41) is 3.36. The minimum Gasteiger partial charge on any atom is -0.368 e. The number of rotatable bonds is 2. The quantitative estimate of drug-likeness (QED) is 0.476. The van der Waals surface area contributed by atoms with Crippen LogP contribution in [0.15, 0.2) is 72.1 Å². The summed E-state index contributed by atoms with van der Waals surface area (Å²) in [5.41, 5.74) is 11.2. The summed E-state index contributed by atoms with van der Waals surface area (Å²) in [5.74, 6) is 0.256. The molecule has 5 heteroatoms. The van der Waals surface area contributed by atoms with E-state index < -0.39 is 0 Å². The average molecular weight is 354 g/mol. The van der Waals surface area contributed by atoms with E-state index in [9.17, 15) is 0 Å². The van der Waals surface area contributed by atoms with Crippen LogP contribution >= 0.6 is 11.3 Å². The molecule has 3 aromatic heterocycles. The third kappa shape index (κ3) is 2.41. The van der Waals surface area contributed by atoms with E-state index in [0.29, 0.717) is 0 Å². The third-order valence-corrected chi connectivity index (χ3v) is 5.33. The number of nitrogen functional groups attached to an aromatic ring is 1. The van der Waals surface area contributed by atoms with Crippen LogP contribution in [0.4, 0.5) is 5.95 Å². The lowest BCUT2D eigenvalue weighted by Crippen LogP contribution is -2.00. The minimum atomic E-state index is 0.256. The number of aromatic nitrogens is 3. The van der Waals surface area contributed by atoms with E-state index in [0.717, 1.165) is 33.5 Å². The number of nitrogens with zero attached hydrogens (tertiary/aromatic N) is 3. The Morgan fingerprint density at radius 2 is 1.58 bits per heavy atom. The zero-order valence-corrected chi connectivity index (χ0v) is 14.6. The van der Waals surface area contributed by atoms with E-state index in [1.54, 1.807) is 11.3 Å². The van der Waals surface area contributed by atoms with Crippen LogP contribution in [-0.2, 0) is 0 Å². The van der Waals surface area contributed by atoms with E-state index >= 15 is 0 Å². The molecule has 0 radical (unpaired) electrons. The Morgan fingerprint density at radius 1 is 0.769 bits per heavy atom. The van der Waals surface area contributed by atoms with Gasteiger partial charge in [0.1, 0.15) is 11.2 Å². The fourth-order valence-corrected chi connectivity index (χ4v) is 4.11. The first-order chi connectivity index (χ1) is 12.8. The zero-order valence-electron chi connectivity index (χ0n) is 13.8. The van der Waals surface area contributed by atoms with Crippen molar-refractivity contribution < 1.29 is 0 Å². The highest BCUT2D eigenvalue weighted by molar-refractivity contribution is 7.17. The predicted molar refractivity (Wildman–Crippen MR) is 108 cm³/mol. The van der Waals surface area contributed by atoms with Gasteiger partial charge in [0.15, 0.2) is 0 Å². The molecule has 2 aromatic carbocycles. The highest BCUT2D eigenvalue weighted by atomic mass is 32.1. The van der Waals surface area contributed by atoms with Crippen molar-refractivity contribution in [2.45, 2.75) is 0 Å². The molecule has 4 nitrogen and oxygen atoms in total. The van der Waals surface area contributed by atoms with Crippen molar-refractivity contribution in [2.24, 2.45) is 0 Å². The second-order valence-electron chi connectivity index (χ2n) is 6.01. The van der Waals surface area contributed by atoms with Crippen LogP contribution in [0.25, 0.3) is 43.6 Å². The third-order valence-electron chi connectivity index (χ3n) is 4.36. The fraction of sp³-hybridized carbons (Fsp3) is 0. The summed E-state index contributed by atoms with van der Waals surface area (Å²) in [6.07, 6.45) is 0. The van der Waals surface area contributed by atoms with Crippen LogP contribution in [0.1, 0.15) is 0 Å². The van der Waals surface area contributed by atoms with Gasteiger partial charge in [0, 0.05) is 26.6 Å². The molecule has 0 bridgehead atoms. The van der Waals surface area contributed by atoms with Crippen molar-refractivity contribution in [1.29, 1.82) is 0 Å². The smallest absolute Gasteiger partial charge is 0.221 e. The van der Waals surface area contributed by atoms with Crippen LogP contribution in [0, 0.1) is 0 Å². The summed E-state index contributed by atoms with van der Waals surface area (Å²) in [6, 6.07) is 22.3. The molecule has 0 spiro atoms. The topological polar surface area (TPSA) is 64.7 Å². The second-order valence-corrected chi connectivity index (χ2v) is 6.92. The van der Waals surface area contributed by atoms with Crippen LogP contribution < -0.4 is 5.73 Å². The van der Waals surface area contributed by atoms with Gasteiger partial charge in [-0.05, 0) is 18.2 Å². The molecule has 26 heavy (non-hydrogen) atoms. The molecular weight excluding hydrogens is 340 g/mol. The fourth-order valence-electron chi connectivity index (χ4n) is 3.16. The van der Waals surface area contributed by atoms with Crippen molar-refractivity contribution in [3.05, 3.63) is 72.1 Å². The molecule has 0 aliphatic carbocycles. The Balaban J connectivity index is 1.78. The van der Waals surface area contributed by atoms with Gasteiger partial charge in [-0.1, -0.05) is 48.5 Å². The number of fused-ring (bicyclic) bond motifs is 2. The second kappa shape index (κ2) is 5.89. The molecule has 5 rings (SSSR count). The van der Waals surface area contributed by atoms with Gasteiger partial charge in [-0.25, -0.2) is 15.0 Å². The summed E-state index contributed by atoms with van der Waals surface area (Å²) >= 11 is 1.73. The zero-order chi connectivity index (χ0) is 17.5. The molecule has 2 N–H and O–H groups in total. The first-order valence-corrected chi connectivity index (χ1v) is 9.14. The summed E-state index contributed by atoms with van der Waals surface area (Å²) in [6.45, 7) is 0. The van der Waals surface area contributed by atoms with Crippen molar-refractivity contribution in [3.8, 4) is 22.5 Å². The molecule has 0 fully saturated rings. The van der Waals surface area contributed by atoms with Crippen LogP contribution in [0.3, 0.4) is 0 Å².